The number of nitrogens with zero attached hydrogens (tertiary/aromatic N) is 4. The third-order valence-corrected chi connectivity index (χ3v) is 23.1. The maximum Gasteiger partial charge on any atom is 0.147 e. The molecule has 0 fully saturated rings. The van der Waals surface area contributed by atoms with Crippen LogP contribution in [-0.4, -0.2) is 0 Å². The fourth-order valence-electron chi connectivity index (χ4n) is 18.0. The van der Waals surface area contributed by atoms with Crippen molar-refractivity contribution in [2.75, 3.05) is 19.6 Å². The highest BCUT2D eigenvalue weighted by atomic mass is 19.2. The van der Waals surface area contributed by atoms with Crippen molar-refractivity contribution < 1.29 is 52.8 Å². The summed E-state index contributed by atoms with van der Waals surface area (Å²) < 4.78 is 146. The highest BCUT2D eigenvalue weighted by Gasteiger charge is 2.29. The molecule has 0 bridgehead atoms. The second-order valence-corrected chi connectivity index (χ2v) is 30.1. The molecule has 8 nitrogen and oxygen atoms in total. The Morgan fingerprint density at radius 3 is 0.617 bits per heavy atom. The van der Waals surface area contributed by atoms with Gasteiger partial charge in [0.1, 0.15) is 91.2 Å². The standard InChI is InChI=1S/2C52H28F4N2O2/c53-31-5-1-9-35(23-31)57(36-10-2-6-32(54)24-36)39-15-19-41-45-21-29-14-18-44-50-30(13-17-43(49(29)50)51(45)59-47(41)27-39)22-46-42-20-16-40(28-48(42)60-52(44)46)58(37-11-3-7-33(55)25-37)38-12-4-8-34(56)26-38;53-39-9-1-5-13-43(39)57(44-14-6-2-10-40(44)54)31-19-23-33-37-25-29-18-22-36-50-30(17-21-35(49(29)50)51(37)59-47(33)27-31)26-38-34-24-20-32(28-48(34)60-52(36)38)58(45-15-7-3-11-41(45)55)46-16-8-4-12-42(46)56/h2*1-28H. The van der Waals surface area contributed by atoms with Gasteiger partial charge in [-0.15, -0.1) is 0 Å². The zero-order valence-electron chi connectivity index (χ0n) is 62.8. The molecule has 0 saturated heterocycles. The summed E-state index contributed by atoms with van der Waals surface area (Å²) in [6.07, 6.45) is 0. The molecule has 20 aromatic carbocycles. The molecule has 0 aliphatic heterocycles. The molecule has 24 rings (SSSR count). The van der Waals surface area contributed by atoms with Crippen LogP contribution in [0.2, 0.25) is 0 Å². The Hall–Kier alpha value is -15.7. The monoisotopic (exact) mass is 1580 g/mol. The van der Waals surface area contributed by atoms with E-state index in [1.807, 2.05) is 72.8 Å². The molecule has 120 heavy (non-hydrogen) atoms. The largest absolute Gasteiger partial charge is 0.455 e. The SMILES string of the molecule is Fc1cccc(N(c2cccc(F)c2)c2ccc3c(c2)oc2c3cc3ccc4c5oc6cc(N(c7cccc(F)c7)c7cccc(F)c7)ccc6c5cc5ccc2c3c54)c1.Fc1ccccc1N(c1ccc2c(c1)oc1c2cc2ccc3c4oc5cc(N(c6ccccc6F)c6ccccc6F)ccc5c4cc4ccc1c2c43)c1ccccc1F. The van der Waals surface area contributed by atoms with Crippen molar-refractivity contribution in [2.45, 2.75) is 0 Å². The van der Waals surface area contributed by atoms with Crippen LogP contribution >= 0.6 is 0 Å². The van der Waals surface area contributed by atoms with Crippen LogP contribution in [0.1, 0.15) is 0 Å². The topological polar surface area (TPSA) is 65.5 Å². The molecule has 0 aliphatic rings. The molecular weight excluding hydrogens is 1520 g/mol. The van der Waals surface area contributed by atoms with Gasteiger partial charge in [0.2, 0.25) is 0 Å². The summed E-state index contributed by atoms with van der Waals surface area (Å²) in [6, 6.07) is 98.4. The van der Waals surface area contributed by atoms with Crippen molar-refractivity contribution in [1.29, 1.82) is 0 Å². The van der Waals surface area contributed by atoms with Crippen molar-refractivity contribution in [3.05, 3.63) is 386 Å². The minimum Gasteiger partial charge on any atom is -0.455 e. The summed E-state index contributed by atoms with van der Waals surface area (Å²) in [5.41, 5.74) is 10.7. The van der Waals surface area contributed by atoms with Crippen molar-refractivity contribution in [3.8, 4) is 0 Å². The number of rotatable bonds is 12. The van der Waals surface area contributed by atoms with Crippen molar-refractivity contribution >= 4 is 221 Å². The molecule has 0 spiro atoms. The third kappa shape index (κ3) is 11.0. The van der Waals surface area contributed by atoms with Crippen LogP contribution in [0.3, 0.4) is 0 Å². The van der Waals surface area contributed by atoms with Gasteiger partial charge in [-0.1, -0.05) is 97.1 Å². The molecule has 16 heteroatoms. The molecular formula is C104H56F8N4O4. The van der Waals surface area contributed by atoms with E-state index in [1.165, 1.54) is 72.8 Å². The Morgan fingerprint density at radius 2 is 0.383 bits per heavy atom. The molecule has 0 saturated carbocycles. The molecule has 572 valence electrons. The van der Waals surface area contributed by atoms with E-state index >= 15 is 17.6 Å². The van der Waals surface area contributed by atoms with Gasteiger partial charge in [-0.2, -0.15) is 0 Å². The second kappa shape index (κ2) is 27.0. The zero-order chi connectivity index (χ0) is 80.4. The molecule has 24 aromatic rings. The fourth-order valence-corrected chi connectivity index (χ4v) is 18.0. The fraction of sp³-hybridized carbons (Fsp3) is 0. The van der Waals surface area contributed by atoms with E-state index in [9.17, 15) is 17.6 Å². The first kappa shape index (κ1) is 69.8. The predicted molar refractivity (Wildman–Crippen MR) is 468 cm³/mol. The van der Waals surface area contributed by atoms with Gasteiger partial charge in [-0.05, 0) is 240 Å². The molecule has 0 amide bonds. The summed E-state index contributed by atoms with van der Waals surface area (Å²) in [4.78, 5) is 6.75. The van der Waals surface area contributed by atoms with E-state index in [2.05, 4.69) is 72.8 Å². The van der Waals surface area contributed by atoms with Gasteiger partial charge in [0.25, 0.3) is 0 Å². The second-order valence-electron chi connectivity index (χ2n) is 30.1. The molecule has 4 aromatic heterocycles. The van der Waals surface area contributed by atoms with E-state index in [-0.39, 0.29) is 22.7 Å². The van der Waals surface area contributed by atoms with E-state index in [1.54, 1.807) is 141 Å². The van der Waals surface area contributed by atoms with E-state index < -0.39 is 46.5 Å². The number of fused-ring (bicyclic) bond motifs is 16. The Balaban J connectivity index is 0.000000140. The lowest BCUT2D eigenvalue weighted by Crippen LogP contribution is -2.13. The van der Waals surface area contributed by atoms with Gasteiger partial charge >= 0.3 is 0 Å². The van der Waals surface area contributed by atoms with E-state index in [4.69, 9.17) is 17.7 Å². The number of halogens is 8. The average Bonchev–Trinajstić information content (AvgIpc) is 1.48. The van der Waals surface area contributed by atoms with Crippen molar-refractivity contribution in [2.24, 2.45) is 0 Å². The smallest absolute Gasteiger partial charge is 0.147 e. The van der Waals surface area contributed by atoms with Gasteiger partial charge < -0.3 is 37.3 Å². The van der Waals surface area contributed by atoms with E-state index in [0.29, 0.717) is 79.0 Å². The molecule has 4 heterocycles. The lowest BCUT2D eigenvalue weighted by atomic mass is 9.91. The number of para-hydroxylation sites is 4. The number of hydrogen-bond acceptors (Lipinski definition) is 8. The summed E-state index contributed by atoms with van der Waals surface area (Å²) in [7, 11) is 0. The maximum absolute atomic E-state index is 15.3. The van der Waals surface area contributed by atoms with Crippen LogP contribution in [0.25, 0.3) is 152 Å². The first-order valence-corrected chi connectivity index (χ1v) is 38.8. The van der Waals surface area contributed by atoms with Crippen LogP contribution in [0.4, 0.5) is 103 Å². The van der Waals surface area contributed by atoms with Gasteiger partial charge in [-0.3, -0.25) is 0 Å². The molecule has 0 atom stereocenters. The highest BCUT2D eigenvalue weighted by molar-refractivity contribution is 6.36. The molecule has 0 unspecified atom stereocenters. The summed E-state index contributed by atoms with van der Waals surface area (Å²) >= 11 is 0. The lowest BCUT2D eigenvalue weighted by molar-refractivity contribution is 0.619. The lowest BCUT2D eigenvalue weighted by Gasteiger charge is -2.26. The molecule has 0 N–H and O–H groups in total. The van der Waals surface area contributed by atoms with Crippen LogP contribution in [-0.2, 0) is 0 Å². The Kier molecular flexibility index (Phi) is 15.7. The van der Waals surface area contributed by atoms with Crippen molar-refractivity contribution in [1.82, 2.24) is 0 Å². The van der Waals surface area contributed by atoms with Gasteiger partial charge in [0.15, 0.2) is 0 Å². The van der Waals surface area contributed by atoms with Gasteiger partial charge in [0.05, 0.1) is 34.1 Å². The summed E-state index contributed by atoms with van der Waals surface area (Å²) in [6.45, 7) is 0. The Morgan fingerprint density at radius 1 is 0.167 bits per heavy atom. The Bertz CT molecular complexity index is 7710. The van der Waals surface area contributed by atoms with Gasteiger partial charge in [-0.25, -0.2) is 35.1 Å². The van der Waals surface area contributed by atoms with Crippen LogP contribution in [0, 0.1) is 46.5 Å². The average molecular weight is 1580 g/mol. The number of hydrogen-bond donors (Lipinski definition) is 0. The number of anilines is 12. The van der Waals surface area contributed by atoms with Gasteiger partial charge in [0, 0.05) is 145 Å². The Labute approximate surface area is 675 Å². The first-order valence-electron chi connectivity index (χ1n) is 38.8. The van der Waals surface area contributed by atoms with Crippen LogP contribution < -0.4 is 19.6 Å². The normalized spacial score (nSPS) is 12.0. The minimum absolute atomic E-state index is 0.210. The zero-order valence-corrected chi connectivity index (χ0v) is 62.8. The van der Waals surface area contributed by atoms with Crippen LogP contribution in [0.15, 0.2) is 357 Å². The molecule has 0 aliphatic carbocycles. The van der Waals surface area contributed by atoms with E-state index in [0.717, 1.165) is 119 Å². The minimum atomic E-state index is -0.486. The first-order chi connectivity index (χ1) is 58.7. The highest BCUT2D eigenvalue weighted by Crippen LogP contribution is 2.52. The molecule has 0 radical (unpaired) electrons. The predicted octanol–water partition coefficient (Wildman–Crippen LogP) is 31.8. The third-order valence-electron chi connectivity index (χ3n) is 23.1. The van der Waals surface area contributed by atoms with Crippen molar-refractivity contribution in [3.63, 3.8) is 0 Å². The maximum atomic E-state index is 15.3. The quantitative estimate of drug-likeness (QED) is 0.0886. The summed E-state index contributed by atoms with van der Waals surface area (Å²) in [5.74, 6) is -3.55. The number of benzene rings is 20. The summed E-state index contributed by atoms with van der Waals surface area (Å²) in [5, 5.41) is 19.3. The number of furan rings is 4. The van der Waals surface area contributed by atoms with Crippen LogP contribution in [0.5, 0.6) is 0 Å².